The molecule has 0 radical (unpaired) electrons. The number of rotatable bonds is 6. The van der Waals surface area contributed by atoms with Crippen LogP contribution in [0, 0.1) is 6.92 Å². The van der Waals surface area contributed by atoms with Crippen molar-refractivity contribution in [2.75, 3.05) is 26.2 Å². The van der Waals surface area contributed by atoms with Crippen molar-refractivity contribution < 1.29 is 0 Å². The number of aromatic amines is 1. The summed E-state index contributed by atoms with van der Waals surface area (Å²) in [5.41, 5.74) is 5.86. The summed E-state index contributed by atoms with van der Waals surface area (Å²) in [6.07, 6.45) is 0. The van der Waals surface area contributed by atoms with Crippen molar-refractivity contribution >= 4 is 48.8 Å². The molecule has 1 unspecified atom stereocenters. The molecule has 5 rings (SSSR count). The van der Waals surface area contributed by atoms with Crippen molar-refractivity contribution in [2.45, 2.75) is 25.9 Å². The van der Waals surface area contributed by atoms with Gasteiger partial charge in [-0.05, 0) is 37.1 Å². The first-order valence-electron chi connectivity index (χ1n) is 12.0. The molecule has 0 spiro atoms. The number of H-pyrrole nitrogens is 1. The quantitative estimate of drug-likeness (QED) is 0.253. The highest BCUT2D eigenvalue weighted by atomic mass is 35.5. The largest absolute Gasteiger partial charge is 0.342 e. The minimum atomic E-state index is 0. The summed E-state index contributed by atoms with van der Waals surface area (Å²) in [5.74, 6) is 0.844. The number of hydrogen-bond donors (Lipinski definition) is 1. The van der Waals surface area contributed by atoms with Crippen LogP contribution in [0.5, 0.6) is 0 Å². The highest BCUT2D eigenvalue weighted by Crippen LogP contribution is 2.33. The zero-order valence-corrected chi connectivity index (χ0v) is 24.2. The van der Waals surface area contributed by atoms with Gasteiger partial charge in [0.1, 0.15) is 5.82 Å². The molecule has 1 aromatic heterocycles. The van der Waals surface area contributed by atoms with Crippen molar-refractivity contribution in [3.8, 4) is 11.4 Å². The smallest absolute Gasteiger partial charge is 0.139 e. The lowest BCUT2D eigenvalue weighted by molar-refractivity contribution is 0.0826. The van der Waals surface area contributed by atoms with E-state index in [0.717, 1.165) is 54.0 Å². The highest BCUT2D eigenvalue weighted by Gasteiger charge is 2.30. The third-order valence-electron chi connectivity index (χ3n) is 6.94. The molecule has 1 aliphatic rings. The van der Waals surface area contributed by atoms with Gasteiger partial charge < -0.3 is 4.98 Å². The standard InChI is InChI=1S/C29H31ClN4.3ClH/c1-21-27(32-29(31-21)25-15-9-10-16-26(25)30)22(2)33-17-19-34(20-18-33)28(23-11-5-3-6-12-23)24-13-7-4-8-14-24;;;/h3-16,22,28H,17-20H2,1-2H3,(H,31,32);3*1H. The van der Waals surface area contributed by atoms with Crippen molar-refractivity contribution in [1.82, 2.24) is 19.8 Å². The fraction of sp³-hybridized carbons (Fsp3) is 0.276. The molecule has 0 amide bonds. The van der Waals surface area contributed by atoms with Gasteiger partial charge in [-0.25, -0.2) is 4.98 Å². The zero-order valence-electron chi connectivity index (χ0n) is 21.0. The third-order valence-corrected chi connectivity index (χ3v) is 7.27. The normalized spacial score (nSPS) is 14.8. The Hall–Kier alpha value is -2.05. The van der Waals surface area contributed by atoms with E-state index in [2.05, 4.69) is 89.3 Å². The number of aryl methyl sites for hydroxylation is 1. The Labute approximate surface area is 243 Å². The predicted octanol–water partition coefficient (Wildman–Crippen LogP) is 7.77. The number of halogens is 4. The van der Waals surface area contributed by atoms with Crippen LogP contribution in [0.3, 0.4) is 0 Å². The molecule has 0 aliphatic carbocycles. The maximum atomic E-state index is 6.42. The average Bonchev–Trinajstić information content (AvgIpc) is 3.27. The molecule has 1 saturated heterocycles. The minimum absolute atomic E-state index is 0. The van der Waals surface area contributed by atoms with Gasteiger partial charge in [-0.3, -0.25) is 9.80 Å². The topological polar surface area (TPSA) is 35.2 Å². The van der Waals surface area contributed by atoms with Gasteiger partial charge in [-0.15, -0.1) is 37.2 Å². The van der Waals surface area contributed by atoms with Crippen LogP contribution >= 0.6 is 48.8 Å². The van der Waals surface area contributed by atoms with Crippen LogP contribution < -0.4 is 0 Å². The van der Waals surface area contributed by atoms with Gasteiger partial charge in [0.2, 0.25) is 0 Å². The Kier molecular flexibility index (Phi) is 12.0. The summed E-state index contributed by atoms with van der Waals surface area (Å²) >= 11 is 6.42. The Balaban J connectivity index is 0.00000160. The maximum Gasteiger partial charge on any atom is 0.139 e. The summed E-state index contributed by atoms with van der Waals surface area (Å²) in [6.45, 7) is 8.41. The van der Waals surface area contributed by atoms with E-state index in [1.54, 1.807) is 0 Å². The summed E-state index contributed by atoms with van der Waals surface area (Å²) < 4.78 is 0. The third kappa shape index (κ3) is 6.88. The fourth-order valence-electron chi connectivity index (χ4n) is 5.10. The Morgan fingerprint density at radius 1 is 0.730 bits per heavy atom. The minimum Gasteiger partial charge on any atom is -0.342 e. The molecule has 8 heteroatoms. The van der Waals surface area contributed by atoms with E-state index in [0.29, 0.717) is 0 Å². The van der Waals surface area contributed by atoms with Crippen molar-refractivity contribution in [3.05, 3.63) is 112 Å². The number of hydrogen-bond acceptors (Lipinski definition) is 3. The molecule has 1 aliphatic heterocycles. The van der Waals surface area contributed by atoms with Crippen molar-refractivity contribution in [3.63, 3.8) is 0 Å². The van der Waals surface area contributed by atoms with E-state index < -0.39 is 0 Å². The second kappa shape index (κ2) is 14.2. The second-order valence-corrected chi connectivity index (χ2v) is 9.45. The van der Waals surface area contributed by atoms with E-state index in [1.165, 1.54) is 11.1 Å². The first-order chi connectivity index (χ1) is 16.6. The van der Waals surface area contributed by atoms with Crippen LogP contribution in [0.25, 0.3) is 11.4 Å². The number of imidazole rings is 1. The molecule has 1 fully saturated rings. The molecule has 4 nitrogen and oxygen atoms in total. The molecule has 1 atom stereocenters. The van der Waals surface area contributed by atoms with E-state index in [4.69, 9.17) is 16.6 Å². The van der Waals surface area contributed by atoms with Crippen LogP contribution in [0.2, 0.25) is 5.02 Å². The van der Waals surface area contributed by atoms with Gasteiger partial charge in [0.15, 0.2) is 0 Å². The number of nitrogens with zero attached hydrogens (tertiary/aromatic N) is 3. The first-order valence-corrected chi connectivity index (χ1v) is 12.4. The molecule has 4 aromatic rings. The summed E-state index contributed by atoms with van der Waals surface area (Å²) in [6, 6.07) is 30.1. The SMILES string of the molecule is Cc1[nH]c(-c2ccccc2Cl)nc1C(C)N1CCN(C(c2ccccc2)c2ccccc2)CC1.Cl.Cl.Cl. The van der Waals surface area contributed by atoms with Crippen LogP contribution in [0.15, 0.2) is 84.9 Å². The lowest BCUT2D eigenvalue weighted by Crippen LogP contribution is -2.48. The highest BCUT2D eigenvalue weighted by molar-refractivity contribution is 6.33. The zero-order chi connectivity index (χ0) is 23.5. The van der Waals surface area contributed by atoms with Gasteiger partial charge in [-0.2, -0.15) is 0 Å². The number of nitrogens with one attached hydrogen (secondary N) is 1. The molecule has 2 heterocycles. The Bertz CT molecular complexity index is 1190. The Morgan fingerprint density at radius 3 is 1.76 bits per heavy atom. The fourth-order valence-corrected chi connectivity index (χ4v) is 5.33. The number of benzene rings is 3. The molecule has 198 valence electrons. The number of aromatic nitrogens is 2. The van der Waals surface area contributed by atoms with Gasteiger partial charge in [0.05, 0.1) is 22.8 Å². The van der Waals surface area contributed by atoms with Crippen molar-refractivity contribution in [2.24, 2.45) is 0 Å². The monoisotopic (exact) mass is 578 g/mol. The predicted molar refractivity (Wildman–Crippen MR) is 162 cm³/mol. The number of piperazine rings is 1. The molecular weight excluding hydrogens is 546 g/mol. The van der Waals surface area contributed by atoms with Gasteiger partial charge in [0.25, 0.3) is 0 Å². The van der Waals surface area contributed by atoms with Crippen molar-refractivity contribution in [1.29, 1.82) is 0 Å². The molecule has 0 bridgehead atoms. The van der Waals surface area contributed by atoms with Crippen LogP contribution in [-0.2, 0) is 0 Å². The van der Waals surface area contributed by atoms with E-state index >= 15 is 0 Å². The molecule has 1 N–H and O–H groups in total. The van der Waals surface area contributed by atoms with Crippen LogP contribution in [0.1, 0.15) is 41.5 Å². The molecule has 37 heavy (non-hydrogen) atoms. The molecule has 0 saturated carbocycles. The summed E-state index contributed by atoms with van der Waals surface area (Å²) in [7, 11) is 0. The van der Waals surface area contributed by atoms with Gasteiger partial charge >= 0.3 is 0 Å². The van der Waals surface area contributed by atoms with Crippen LogP contribution in [0.4, 0.5) is 0 Å². The molecule has 3 aromatic carbocycles. The molecular formula is C29H34Cl4N4. The van der Waals surface area contributed by atoms with Gasteiger partial charge in [0, 0.05) is 37.4 Å². The van der Waals surface area contributed by atoms with E-state index in [1.807, 2.05) is 24.3 Å². The average molecular weight is 580 g/mol. The lowest BCUT2D eigenvalue weighted by atomic mass is 9.96. The van der Waals surface area contributed by atoms with E-state index in [-0.39, 0.29) is 49.3 Å². The summed E-state index contributed by atoms with van der Waals surface area (Å²) in [5, 5.41) is 0.719. The summed E-state index contributed by atoms with van der Waals surface area (Å²) in [4.78, 5) is 13.6. The van der Waals surface area contributed by atoms with Crippen LogP contribution in [-0.4, -0.2) is 45.9 Å². The van der Waals surface area contributed by atoms with E-state index in [9.17, 15) is 0 Å². The van der Waals surface area contributed by atoms with Gasteiger partial charge in [-0.1, -0.05) is 84.4 Å². The first kappa shape index (κ1) is 31.2. The Morgan fingerprint density at radius 2 is 1.22 bits per heavy atom. The lowest BCUT2D eigenvalue weighted by Gasteiger charge is -2.41. The second-order valence-electron chi connectivity index (χ2n) is 9.05. The maximum absolute atomic E-state index is 6.42.